The molecule has 0 fully saturated rings. The van der Waals surface area contributed by atoms with Crippen LogP contribution in [0.5, 0.6) is 0 Å². The number of nitrogens with one attached hydrogen (secondary N) is 2. The summed E-state index contributed by atoms with van der Waals surface area (Å²) < 4.78 is 0. The number of carbonyl (C=O) groups excluding carboxylic acids is 1. The van der Waals surface area contributed by atoms with E-state index in [0.29, 0.717) is 6.54 Å². The first-order chi connectivity index (χ1) is 9.70. The number of amides is 2. The number of benzene rings is 2. The monoisotopic (exact) mass is 270 g/mol. The number of hydrogen-bond donors (Lipinski definition) is 3. The molecule has 2 aromatic rings. The van der Waals surface area contributed by atoms with E-state index in [0.717, 1.165) is 16.3 Å². The van der Waals surface area contributed by atoms with Gasteiger partial charge in [0.15, 0.2) is 0 Å². The van der Waals surface area contributed by atoms with E-state index in [-0.39, 0.29) is 12.6 Å². The van der Waals surface area contributed by atoms with Gasteiger partial charge in [-0.15, -0.1) is 6.58 Å². The zero-order chi connectivity index (χ0) is 14.4. The molecule has 0 aromatic heterocycles. The minimum atomic E-state index is -0.728. The summed E-state index contributed by atoms with van der Waals surface area (Å²) in [6, 6.07) is 13.4. The fourth-order valence-electron chi connectivity index (χ4n) is 1.95. The molecule has 2 amide bonds. The number of aliphatic hydroxyl groups excluding tert-OH is 1. The first-order valence-electron chi connectivity index (χ1n) is 6.50. The summed E-state index contributed by atoms with van der Waals surface area (Å²) in [4.78, 5) is 11.4. The van der Waals surface area contributed by atoms with E-state index < -0.39 is 6.10 Å². The van der Waals surface area contributed by atoms with Gasteiger partial charge in [-0.1, -0.05) is 42.5 Å². The van der Waals surface area contributed by atoms with Crippen molar-refractivity contribution in [1.82, 2.24) is 10.6 Å². The molecule has 0 unspecified atom stereocenters. The fourth-order valence-corrected chi connectivity index (χ4v) is 1.95. The van der Waals surface area contributed by atoms with Gasteiger partial charge in [0.05, 0.1) is 6.10 Å². The van der Waals surface area contributed by atoms with Crippen molar-refractivity contribution in [2.75, 3.05) is 13.1 Å². The highest BCUT2D eigenvalue weighted by Crippen LogP contribution is 2.19. The predicted molar refractivity (Wildman–Crippen MR) is 80.5 cm³/mol. The Morgan fingerprint density at radius 2 is 1.95 bits per heavy atom. The van der Waals surface area contributed by atoms with Crippen LogP contribution < -0.4 is 10.6 Å². The summed E-state index contributed by atoms with van der Waals surface area (Å²) in [7, 11) is 0. The van der Waals surface area contributed by atoms with Gasteiger partial charge in [-0.25, -0.2) is 4.79 Å². The molecule has 0 aliphatic carbocycles. The van der Waals surface area contributed by atoms with Gasteiger partial charge in [0.1, 0.15) is 0 Å². The second kappa shape index (κ2) is 6.73. The van der Waals surface area contributed by atoms with Gasteiger partial charge in [-0.2, -0.15) is 0 Å². The van der Waals surface area contributed by atoms with Gasteiger partial charge in [0.2, 0.25) is 0 Å². The molecule has 4 nitrogen and oxygen atoms in total. The largest absolute Gasteiger partial charge is 0.387 e. The molecule has 20 heavy (non-hydrogen) atoms. The van der Waals surface area contributed by atoms with Crippen molar-refractivity contribution in [3.8, 4) is 0 Å². The smallest absolute Gasteiger partial charge is 0.315 e. The number of aliphatic hydroxyl groups is 1. The maximum atomic E-state index is 11.4. The van der Waals surface area contributed by atoms with Gasteiger partial charge in [-0.05, 0) is 22.4 Å². The third-order valence-electron chi connectivity index (χ3n) is 3.02. The maximum Gasteiger partial charge on any atom is 0.315 e. The zero-order valence-corrected chi connectivity index (χ0v) is 11.2. The molecule has 0 saturated carbocycles. The van der Waals surface area contributed by atoms with E-state index in [9.17, 15) is 9.90 Å². The van der Waals surface area contributed by atoms with Crippen molar-refractivity contribution in [3.63, 3.8) is 0 Å². The zero-order valence-electron chi connectivity index (χ0n) is 11.2. The Kier molecular flexibility index (Phi) is 4.74. The highest BCUT2D eigenvalue weighted by molar-refractivity contribution is 5.83. The molecule has 1 atom stereocenters. The molecule has 0 aliphatic rings. The topological polar surface area (TPSA) is 61.4 Å². The average Bonchev–Trinajstić information content (AvgIpc) is 2.50. The minimum Gasteiger partial charge on any atom is -0.387 e. The van der Waals surface area contributed by atoms with Crippen molar-refractivity contribution in [1.29, 1.82) is 0 Å². The van der Waals surface area contributed by atoms with Crippen LogP contribution in [0.25, 0.3) is 10.8 Å². The molecule has 0 saturated heterocycles. The van der Waals surface area contributed by atoms with E-state index in [1.807, 2.05) is 42.5 Å². The molecule has 0 heterocycles. The summed E-state index contributed by atoms with van der Waals surface area (Å²) in [6.07, 6.45) is 0.869. The van der Waals surface area contributed by atoms with E-state index in [1.165, 1.54) is 0 Å². The standard InChI is InChI=1S/C16H18N2O2/c1-2-9-17-16(20)18-11-15(19)14-8-7-12-5-3-4-6-13(12)10-14/h2-8,10,15,19H,1,9,11H2,(H2,17,18,20)/t15-/m0/s1. The molecular formula is C16H18N2O2. The molecule has 0 bridgehead atoms. The second-order valence-corrected chi connectivity index (χ2v) is 4.50. The van der Waals surface area contributed by atoms with Gasteiger partial charge in [0, 0.05) is 13.1 Å². The lowest BCUT2D eigenvalue weighted by molar-refractivity contribution is 0.173. The van der Waals surface area contributed by atoms with Crippen LogP contribution in [-0.2, 0) is 0 Å². The third kappa shape index (κ3) is 3.59. The van der Waals surface area contributed by atoms with Crippen LogP contribution in [0.3, 0.4) is 0 Å². The highest BCUT2D eigenvalue weighted by Gasteiger charge is 2.09. The molecule has 3 N–H and O–H groups in total. The van der Waals surface area contributed by atoms with Crippen LogP contribution in [-0.4, -0.2) is 24.2 Å². The number of rotatable bonds is 5. The summed E-state index contributed by atoms with van der Waals surface area (Å²) >= 11 is 0. The lowest BCUT2D eigenvalue weighted by Crippen LogP contribution is -2.37. The van der Waals surface area contributed by atoms with E-state index in [2.05, 4.69) is 17.2 Å². The van der Waals surface area contributed by atoms with Crippen molar-refractivity contribution in [2.45, 2.75) is 6.10 Å². The molecule has 2 rings (SSSR count). The molecule has 2 aromatic carbocycles. The molecule has 0 radical (unpaired) electrons. The van der Waals surface area contributed by atoms with Crippen molar-refractivity contribution in [3.05, 3.63) is 60.7 Å². The number of carbonyl (C=O) groups is 1. The fraction of sp³-hybridized carbons (Fsp3) is 0.188. The molecular weight excluding hydrogens is 252 g/mol. The summed E-state index contributed by atoms with van der Waals surface area (Å²) in [5, 5.41) is 17.5. The summed E-state index contributed by atoms with van der Waals surface area (Å²) in [6.45, 7) is 4.08. The Morgan fingerprint density at radius 1 is 1.20 bits per heavy atom. The van der Waals surface area contributed by atoms with Crippen LogP contribution in [0.15, 0.2) is 55.1 Å². The minimum absolute atomic E-state index is 0.168. The van der Waals surface area contributed by atoms with Gasteiger partial charge >= 0.3 is 6.03 Å². The second-order valence-electron chi connectivity index (χ2n) is 4.50. The normalized spacial score (nSPS) is 11.8. The Labute approximate surface area is 118 Å². The van der Waals surface area contributed by atoms with Crippen molar-refractivity contribution in [2.24, 2.45) is 0 Å². The quantitative estimate of drug-likeness (QED) is 0.730. The molecule has 104 valence electrons. The van der Waals surface area contributed by atoms with Gasteiger partial charge in [0.25, 0.3) is 0 Å². The number of fused-ring (bicyclic) bond motifs is 1. The van der Waals surface area contributed by atoms with E-state index in [1.54, 1.807) is 6.08 Å². The summed E-state index contributed by atoms with van der Waals surface area (Å²) in [5.74, 6) is 0. The maximum absolute atomic E-state index is 11.4. The average molecular weight is 270 g/mol. The van der Waals surface area contributed by atoms with E-state index >= 15 is 0 Å². The van der Waals surface area contributed by atoms with Crippen LogP contribution in [0, 0.1) is 0 Å². The first kappa shape index (κ1) is 14.1. The Balaban J connectivity index is 1.98. The SMILES string of the molecule is C=CCNC(=O)NC[C@H](O)c1ccc2ccccc2c1. The third-order valence-corrected chi connectivity index (χ3v) is 3.02. The Morgan fingerprint density at radius 3 is 2.70 bits per heavy atom. The Bertz CT molecular complexity index is 610. The van der Waals surface area contributed by atoms with E-state index in [4.69, 9.17) is 0 Å². The Hall–Kier alpha value is -2.33. The van der Waals surface area contributed by atoms with Crippen molar-refractivity contribution < 1.29 is 9.90 Å². The van der Waals surface area contributed by atoms with Crippen LogP contribution >= 0.6 is 0 Å². The first-order valence-corrected chi connectivity index (χ1v) is 6.50. The van der Waals surface area contributed by atoms with Crippen molar-refractivity contribution >= 4 is 16.8 Å². The van der Waals surface area contributed by atoms with Crippen LogP contribution in [0.4, 0.5) is 4.79 Å². The lowest BCUT2D eigenvalue weighted by Gasteiger charge is -2.13. The number of hydrogen-bond acceptors (Lipinski definition) is 2. The van der Waals surface area contributed by atoms with Gasteiger partial charge in [-0.3, -0.25) is 0 Å². The molecule has 4 heteroatoms. The lowest BCUT2D eigenvalue weighted by atomic mass is 10.0. The number of urea groups is 1. The molecule has 0 spiro atoms. The van der Waals surface area contributed by atoms with Crippen LogP contribution in [0.1, 0.15) is 11.7 Å². The molecule has 0 aliphatic heterocycles. The highest BCUT2D eigenvalue weighted by atomic mass is 16.3. The summed E-state index contributed by atoms with van der Waals surface area (Å²) in [5.41, 5.74) is 0.785. The van der Waals surface area contributed by atoms with Crippen LogP contribution in [0.2, 0.25) is 0 Å². The van der Waals surface area contributed by atoms with Gasteiger partial charge < -0.3 is 15.7 Å². The predicted octanol–water partition coefficient (Wildman–Crippen LogP) is 2.36.